The summed E-state index contributed by atoms with van der Waals surface area (Å²) in [4.78, 5) is 39.8. The van der Waals surface area contributed by atoms with E-state index in [9.17, 15) is 22.8 Å². The van der Waals surface area contributed by atoms with Crippen LogP contribution in [0.25, 0.3) is 0 Å². The van der Waals surface area contributed by atoms with Crippen molar-refractivity contribution < 1.29 is 27.5 Å². The number of carbonyl (C=O) groups excluding carboxylic acids is 3. The van der Waals surface area contributed by atoms with Crippen LogP contribution in [0.5, 0.6) is 0 Å². The van der Waals surface area contributed by atoms with Gasteiger partial charge in [0.05, 0.1) is 4.90 Å². The molecule has 30 heavy (non-hydrogen) atoms. The number of esters is 1. The maximum atomic E-state index is 12.2. The molecule has 0 bridgehead atoms. The van der Waals surface area contributed by atoms with Gasteiger partial charge in [-0.25, -0.2) is 13.2 Å². The fourth-order valence-corrected chi connectivity index (χ4v) is 3.99. The van der Waals surface area contributed by atoms with Gasteiger partial charge in [-0.2, -0.15) is 0 Å². The van der Waals surface area contributed by atoms with Gasteiger partial charge in [-0.05, 0) is 38.1 Å². The predicted molar refractivity (Wildman–Crippen MR) is 109 cm³/mol. The van der Waals surface area contributed by atoms with Crippen molar-refractivity contribution >= 4 is 39.2 Å². The van der Waals surface area contributed by atoms with Crippen LogP contribution in [0.15, 0.2) is 58.4 Å². The van der Waals surface area contributed by atoms with Gasteiger partial charge in [-0.1, -0.05) is 24.3 Å². The van der Waals surface area contributed by atoms with E-state index < -0.39 is 34.5 Å². The van der Waals surface area contributed by atoms with Gasteiger partial charge in [0.15, 0.2) is 12.4 Å². The zero-order chi connectivity index (χ0) is 21.9. The molecule has 1 atom stereocenters. The van der Waals surface area contributed by atoms with E-state index in [1.54, 1.807) is 36.4 Å². The lowest BCUT2D eigenvalue weighted by Gasteiger charge is -2.10. The number of carbonyl (C=O) groups is 3. The number of nitrogens with zero attached hydrogens (tertiary/aromatic N) is 1. The minimum absolute atomic E-state index is 0.0422. The van der Waals surface area contributed by atoms with Crippen LogP contribution in [-0.4, -0.2) is 44.6 Å². The zero-order valence-corrected chi connectivity index (χ0v) is 17.0. The van der Waals surface area contributed by atoms with E-state index in [1.165, 1.54) is 26.0 Å². The highest BCUT2D eigenvalue weighted by Gasteiger charge is 2.31. The summed E-state index contributed by atoms with van der Waals surface area (Å²) in [6, 6.07) is 11.6. The average Bonchev–Trinajstić information content (AvgIpc) is 2.96. The molecule has 2 N–H and O–H groups in total. The fourth-order valence-electron chi connectivity index (χ4n) is 2.75. The van der Waals surface area contributed by atoms with Crippen molar-refractivity contribution in [1.82, 2.24) is 4.72 Å². The van der Waals surface area contributed by atoms with Crippen molar-refractivity contribution in [3.8, 4) is 0 Å². The second-order valence-electron chi connectivity index (χ2n) is 6.55. The van der Waals surface area contributed by atoms with E-state index in [1.807, 2.05) is 0 Å². The largest absolute Gasteiger partial charge is 0.454 e. The Balaban J connectivity index is 1.60. The highest BCUT2D eigenvalue weighted by molar-refractivity contribution is 7.90. The Morgan fingerprint density at radius 3 is 2.60 bits per heavy atom. The molecule has 0 unspecified atom stereocenters. The van der Waals surface area contributed by atoms with Gasteiger partial charge in [-0.15, -0.1) is 0 Å². The normalized spacial score (nSPS) is 16.3. The van der Waals surface area contributed by atoms with Crippen molar-refractivity contribution in [3.63, 3.8) is 0 Å². The molecule has 0 saturated carbocycles. The number of sulfonamides is 1. The number of ketones is 1. The lowest BCUT2D eigenvalue weighted by atomic mass is 10.1. The van der Waals surface area contributed by atoms with Gasteiger partial charge in [-0.3, -0.25) is 19.3 Å². The van der Waals surface area contributed by atoms with Crippen LogP contribution in [0.4, 0.5) is 5.69 Å². The van der Waals surface area contributed by atoms with Crippen molar-refractivity contribution in [2.75, 3.05) is 11.9 Å². The molecule has 156 valence electrons. The quantitative estimate of drug-likeness (QED) is 0.528. The molecule has 0 fully saturated rings. The number of amidine groups is 1. The number of hydrogen-bond donors (Lipinski definition) is 2. The molecule has 0 aliphatic carbocycles. The van der Waals surface area contributed by atoms with Gasteiger partial charge in [0.1, 0.15) is 11.9 Å². The van der Waals surface area contributed by atoms with Crippen molar-refractivity contribution in [1.29, 1.82) is 0 Å². The van der Waals surface area contributed by atoms with Crippen molar-refractivity contribution in [2.24, 2.45) is 4.99 Å². The van der Waals surface area contributed by atoms with Crippen LogP contribution >= 0.6 is 0 Å². The van der Waals surface area contributed by atoms with E-state index in [0.717, 1.165) is 0 Å². The van der Waals surface area contributed by atoms with Crippen LogP contribution in [0.3, 0.4) is 0 Å². The molecule has 3 rings (SSSR count). The van der Waals surface area contributed by atoms with Gasteiger partial charge >= 0.3 is 5.97 Å². The molecule has 1 amide bonds. The van der Waals surface area contributed by atoms with Crippen molar-refractivity contribution in [2.45, 2.75) is 24.8 Å². The molecule has 0 aromatic heterocycles. The third kappa shape index (κ3) is 4.71. The molecule has 9 nitrogen and oxygen atoms in total. The molecule has 1 heterocycles. The number of amides is 1. The smallest absolute Gasteiger partial charge is 0.331 e. The van der Waals surface area contributed by atoms with Gasteiger partial charge < -0.3 is 10.1 Å². The number of nitrogens with one attached hydrogen (secondary N) is 2. The third-order valence-electron chi connectivity index (χ3n) is 4.22. The SMILES string of the molecule is CC(=O)c1cccc(NC(=O)COC(=O)[C@H](C)N=C2NS(=O)(=O)c3ccccc32)c1. The van der Waals surface area contributed by atoms with Gasteiger partial charge in [0, 0.05) is 16.8 Å². The predicted octanol–water partition coefficient (Wildman–Crippen LogP) is 1.50. The van der Waals surface area contributed by atoms with Crippen LogP contribution in [0.2, 0.25) is 0 Å². The molecule has 10 heteroatoms. The molecule has 1 aliphatic rings. The first-order valence-corrected chi connectivity index (χ1v) is 10.4. The minimum atomic E-state index is -3.72. The van der Waals surface area contributed by atoms with Crippen LogP contribution < -0.4 is 10.0 Å². The summed E-state index contributed by atoms with van der Waals surface area (Å²) in [7, 11) is -3.72. The van der Waals surface area contributed by atoms with E-state index in [0.29, 0.717) is 16.8 Å². The Kier molecular flexibility index (Phi) is 5.97. The number of aliphatic imine (C=N–C) groups is 1. The molecule has 1 aliphatic heterocycles. The fraction of sp³-hybridized carbons (Fsp3) is 0.200. The summed E-state index contributed by atoms with van der Waals surface area (Å²) in [6.07, 6.45) is 0. The van der Waals surface area contributed by atoms with Crippen LogP contribution in [0.1, 0.15) is 29.8 Å². The first-order valence-electron chi connectivity index (χ1n) is 8.95. The summed E-state index contributed by atoms with van der Waals surface area (Å²) >= 11 is 0. The molecule has 0 spiro atoms. The summed E-state index contributed by atoms with van der Waals surface area (Å²) < 4.78 is 31.4. The number of hydrogen-bond acceptors (Lipinski definition) is 7. The number of rotatable bonds is 6. The van der Waals surface area contributed by atoms with E-state index in [4.69, 9.17) is 4.74 Å². The lowest BCUT2D eigenvalue weighted by Crippen LogP contribution is -2.28. The number of ether oxygens (including phenoxy) is 1. The second-order valence-corrected chi connectivity index (χ2v) is 8.20. The third-order valence-corrected chi connectivity index (χ3v) is 5.62. The van der Waals surface area contributed by atoms with E-state index in [-0.39, 0.29) is 16.5 Å². The standard InChI is InChI=1S/C20H19N3O6S/c1-12(21-19-16-8-3-4-9-17(16)30(27,28)23-19)20(26)29-11-18(25)22-15-7-5-6-14(10-15)13(2)24/h3-10,12H,11H2,1-2H3,(H,21,23)(H,22,25)/t12-/m0/s1. The number of fused-ring (bicyclic) bond motifs is 1. The highest BCUT2D eigenvalue weighted by atomic mass is 32.2. The molecule has 0 saturated heterocycles. The first kappa shape index (κ1) is 21.2. The van der Waals surface area contributed by atoms with E-state index >= 15 is 0 Å². The average molecular weight is 429 g/mol. The number of Topliss-reactive ketones (excluding diaryl/α,β-unsaturated/α-hetero) is 1. The maximum absolute atomic E-state index is 12.2. The summed E-state index contributed by atoms with van der Waals surface area (Å²) in [5.74, 6) is -1.48. The van der Waals surface area contributed by atoms with Gasteiger partial charge in [0.25, 0.3) is 15.9 Å². The number of anilines is 1. The Morgan fingerprint density at radius 1 is 1.13 bits per heavy atom. The summed E-state index contributed by atoms with van der Waals surface area (Å²) in [5, 5.41) is 2.53. The molecule has 2 aromatic rings. The summed E-state index contributed by atoms with van der Waals surface area (Å²) in [5.41, 5.74) is 1.20. The molecular weight excluding hydrogens is 410 g/mol. The zero-order valence-electron chi connectivity index (χ0n) is 16.2. The van der Waals surface area contributed by atoms with Crippen molar-refractivity contribution in [3.05, 3.63) is 59.7 Å². The van der Waals surface area contributed by atoms with Gasteiger partial charge in [0.2, 0.25) is 0 Å². The Morgan fingerprint density at radius 2 is 1.87 bits per heavy atom. The van der Waals surface area contributed by atoms with E-state index in [2.05, 4.69) is 15.0 Å². The Labute approximate surface area is 173 Å². The molecular formula is C20H19N3O6S. The molecule has 2 aromatic carbocycles. The topological polar surface area (TPSA) is 131 Å². The molecule has 0 radical (unpaired) electrons. The highest BCUT2D eigenvalue weighted by Crippen LogP contribution is 2.22. The lowest BCUT2D eigenvalue weighted by molar-refractivity contribution is -0.148. The minimum Gasteiger partial charge on any atom is -0.454 e. The number of benzene rings is 2. The van der Waals surface area contributed by atoms with Crippen LogP contribution in [-0.2, 0) is 24.3 Å². The summed E-state index contributed by atoms with van der Waals surface area (Å²) in [6.45, 7) is 2.29. The monoisotopic (exact) mass is 429 g/mol. The Bertz CT molecular complexity index is 1160. The Hall–Kier alpha value is -3.53. The first-order chi connectivity index (χ1) is 14.2. The second kappa shape index (κ2) is 8.46. The maximum Gasteiger partial charge on any atom is 0.331 e. The van der Waals surface area contributed by atoms with Crippen LogP contribution in [0, 0.1) is 0 Å².